The molecule has 0 N–H and O–H groups in total. The topological polar surface area (TPSA) is 6.48 Å². The van der Waals surface area contributed by atoms with Gasteiger partial charge in [-0.1, -0.05) is 61.5 Å². The Balaban J connectivity index is 1.36. The quantitative estimate of drug-likeness (QED) is 0.784. The molecule has 2 aliphatic rings. The fourth-order valence-electron chi connectivity index (χ4n) is 4.32. The van der Waals surface area contributed by atoms with Gasteiger partial charge in [0, 0.05) is 32.7 Å². The summed E-state index contributed by atoms with van der Waals surface area (Å²) < 4.78 is 15.0. The normalized spacial score (nSPS) is 23.1. The van der Waals surface area contributed by atoms with Gasteiger partial charge in [-0.05, 0) is 34.6 Å². The van der Waals surface area contributed by atoms with Gasteiger partial charge in [-0.15, -0.1) is 0 Å². The molecular weight excluding hydrogens is 323 g/mol. The molecule has 136 valence electrons. The zero-order chi connectivity index (χ0) is 17.9. The summed E-state index contributed by atoms with van der Waals surface area (Å²) in [5.41, 5.74) is 5.06. The molecule has 2 heterocycles. The maximum Gasteiger partial charge on any atom is 0.113 e. The van der Waals surface area contributed by atoms with E-state index in [-0.39, 0.29) is 11.7 Å². The predicted molar refractivity (Wildman–Crippen MR) is 104 cm³/mol. The van der Waals surface area contributed by atoms with Crippen molar-refractivity contribution in [3.05, 3.63) is 82.7 Å². The average Bonchev–Trinajstić information content (AvgIpc) is 3.04. The van der Waals surface area contributed by atoms with Gasteiger partial charge in [0.05, 0.1) is 6.54 Å². The van der Waals surface area contributed by atoms with E-state index < -0.39 is 0 Å². The number of fused-ring (bicyclic) bond motifs is 1. The minimum absolute atomic E-state index is 0.102. The van der Waals surface area contributed by atoms with Gasteiger partial charge < -0.3 is 0 Å². The van der Waals surface area contributed by atoms with E-state index in [1.807, 2.05) is 0 Å². The Morgan fingerprint density at radius 3 is 2.27 bits per heavy atom. The van der Waals surface area contributed by atoms with Gasteiger partial charge in [0.15, 0.2) is 0 Å². The van der Waals surface area contributed by atoms with Crippen molar-refractivity contribution in [1.82, 2.24) is 9.80 Å². The van der Waals surface area contributed by atoms with E-state index in [1.165, 1.54) is 16.7 Å². The molecule has 2 aromatic rings. The lowest BCUT2D eigenvalue weighted by Crippen LogP contribution is -2.36. The van der Waals surface area contributed by atoms with Crippen LogP contribution in [0.1, 0.15) is 30.0 Å². The summed E-state index contributed by atoms with van der Waals surface area (Å²) in [6, 6.07) is 19.0. The molecule has 0 radical (unpaired) electrons. The summed E-state index contributed by atoms with van der Waals surface area (Å²) in [4.78, 5) is 4.67. The smallest absolute Gasteiger partial charge is 0.113 e. The van der Waals surface area contributed by atoms with Crippen LogP contribution in [0.3, 0.4) is 0 Å². The molecular formula is C23H27FN2. The zero-order valence-electron chi connectivity index (χ0n) is 15.5. The predicted octanol–water partition coefficient (Wildman–Crippen LogP) is 4.77. The molecule has 0 saturated carbocycles. The Bertz CT molecular complexity index is 759. The van der Waals surface area contributed by atoms with Crippen molar-refractivity contribution in [3.63, 3.8) is 0 Å². The largest absolute Gasteiger partial charge is 0.298 e. The monoisotopic (exact) mass is 350 g/mol. The second kappa shape index (κ2) is 7.73. The van der Waals surface area contributed by atoms with Crippen molar-refractivity contribution >= 4 is 0 Å². The van der Waals surface area contributed by atoms with Crippen molar-refractivity contribution in [2.24, 2.45) is 5.92 Å². The molecule has 2 aliphatic heterocycles. The first-order chi connectivity index (χ1) is 12.7. The molecule has 0 amide bonds. The van der Waals surface area contributed by atoms with Crippen LogP contribution in [0.2, 0.25) is 0 Å². The van der Waals surface area contributed by atoms with Gasteiger partial charge >= 0.3 is 0 Å². The third-order valence-corrected chi connectivity index (χ3v) is 5.69. The van der Waals surface area contributed by atoms with Gasteiger partial charge in [-0.25, -0.2) is 4.39 Å². The van der Waals surface area contributed by atoms with Gasteiger partial charge in [0.25, 0.3) is 0 Å². The average molecular weight is 350 g/mol. The molecule has 1 saturated heterocycles. The van der Waals surface area contributed by atoms with Gasteiger partial charge in [-0.2, -0.15) is 0 Å². The molecule has 1 unspecified atom stereocenters. The van der Waals surface area contributed by atoms with Crippen molar-refractivity contribution in [1.29, 1.82) is 0 Å². The molecule has 2 aromatic carbocycles. The molecule has 0 spiro atoms. The molecule has 26 heavy (non-hydrogen) atoms. The van der Waals surface area contributed by atoms with Crippen molar-refractivity contribution in [2.45, 2.75) is 33.0 Å². The van der Waals surface area contributed by atoms with E-state index in [0.29, 0.717) is 6.54 Å². The first kappa shape index (κ1) is 17.4. The van der Waals surface area contributed by atoms with Crippen LogP contribution in [0.25, 0.3) is 0 Å². The van der Waals surface area contributed by atoms with Crippen LogP contribution in [0, 0.1) is 5.92 Å². The Kier molecular flexibility index (Phi) is 5.18. The van der Waals surface area contributed by atoms with Gasteiger partial charge in [0.2, 0.25) is 0 Å². The third-order valence-electron chi connectivity index (χ3n) is 5.69. The summed E-state index contributed by atoms with van der Waals surface area (Å²) >= 11 is 0. The maximum absolute atomic E-state index is 15.0. The number of rotatable bonds is 4. The highest BCUT2D eigenvalue weighted by Gasteiger charge is 2.26. The van der Waals surface area contributed by atoms with Crippen LogP contribution >= 0.6 is 0 Å². The minimum Gasteiger partial charge on any atom is -0.298 e. The molecule has 1 atom stereocenters. The van der Waals surface area contributed by atoms with Crippen LogP contribution in [-0.2, 0) is 19.6 Å². The highest BCUT2D eigenvalue weighted by Crippen LogP contribution is 2.30. The highest BCUT2D eigenvalue weighted by atomic mass is 19.1. The summed E-state index contributed by atoms with van der Waals surface area (Å²) in [5, 5.41) is 0. The van der Waals surface area contributed by atoms with Crippen LogP contribution in [0.5, 0.6) is 0 Å². The van der Waals surface area contributed by atoms with E-state index in [2.05, 4.69) is 71.3 Å². The molecule has 2 nitrogen and oxygen atoms in total. The summed E-state index contributed by atoms with van der Waals surface area (Å²) in [5.74, 6) is 0.391. The number of benzene rings is 2. The molecule has 3 heteroatoms. The molecule has 0 bridgehead atoms. The molecule has 0 aromatic heterocycles. The van der Waals surface area contributed by atoms with Crippen LogP contribution in [-0.4, -0.2) is 29.4 Å². The van der Waals surface area contributed by atoms with E-state index in [1.54, 1.807) is 0 Å². The number of piperidine rings is 1. The number of hydrogen-bond acceptors (Lipinski definition) is 2. The maximum atomic E-state index is 15.0. The van der Waals surface area contributed by atoms with Crippen LogP contribution in [0.4, 0.5) is 4.39 Å². The molecule has 1 fully saturated rings. The molecule has 4 rings (SSSR count). The van der Waals surface area contributed by atoms with Crippen molar-refractivity contribution in [3.8, 4) is 0 Å². The number of hydrogen-bond donors (Lipinski definition) is 0. The van der Waals surface area contributed by atoms with Gasteiger partial charge in [0.1, 0.15) is 5.83 Å². The van der Waals surface area contributed by atoms with E-state index >= 15 is 0 Å². The lowest BCUT2D eigenvalue weighted by atomic mass is 9.92. The SMILES string of the molecule is CC1CN(Cc2ccccc2)CC/C1=C(\F)CN1Cc2ccccc2C1. The Labute approximate surface area is 155 Å². The summed E-state index contributed by atoms with van der Waals surface area (Å²) in [6.07, 6.45) is 0.848. The fourth-order valence-corrected chi connectivity index (χ4v) is 4.32. The van der Waals surface area contributed by atoms with Crippen LogP contribution < -0.4 is 0 Å². The zero-order valence-corrected chi connectivity index (χ0v) is 15.5. The van der Waals surface area contributed by atoms with Crippen molar-refractivity contribution < 1.29 is 4.39 Å². The Morgan fingerprint density at radius 1 is 0.962 bits per heavy atom. The number of likely N-dealkylation sites (tertiary alicyclic amines) is 1. The van der Waals surface area contributed by atoms with E-state index in [9.17, 15) is 4.39 Å². The standard InChI is InChI=1S/C23H27FN2/c1-18-13-25(14-19-7-3-2-4-8-19)12-11-22(18)23(24)17-26-15-20-9-5-6-10-21(20)16-26/h2-10,18H,11-17H2,1H3/b23-22+. The second-order valence-electron chi connectivity index (χ2n) is 7.72. The second-order valence-corrected chi connectivity index (χ2v) is 7.72. The Hall–Kier alpha value is -1.97. The highest BCUT2D eigenvalue weighted by molar-refractivity contribution is 5.30. The number of halogens is 1. The van der Waals surface area contributed by atoms with Crippen LogP contribution in [0.15, 0.2) is 66.0 Å². The fraction of sp³-hybridized carbons (Fsp3) is 0.391. The Morgan fingerprint density at radius 2 is 1.62 bits per heavy atom. The van der Waals surface area contributed by atoms with Gasteiger partial charge in [-0.3, -0.25) is 9.80 Å². The lowest BCUT2D eigenvalue weighted by molar-refractivity contribution is 0.205. The lowest BCUT2D eigenvalue weighted by Gasteiger charge is -2.33. The third kappa shape index (κ3) is 3.89. The summed E-state index contributed by atoms with van der Waals surface area (Å²) in [7, 11) is 0. The first-order valence-electron chi connectivity index (χ1n) is 9.62. The van der Waals surface area contributed by atoms with E-state index in [4.69, 9.17) is 0 Å². The number of nitrogens with zero attached hydrogens (tertiary/aromatic N) is 2. The molecule has 0 aliphatic carbocycles. The van der Waals surface area contributed by atoms with E-state index in [0.717, 1.165) is 44.7 Å². The minimum atomic E-state index is 0.102. The van der Waals surface area contributed by atoms with Crippen molar-refractivity contribution in [2.75, 3.05) is 19.6 Å². The first-order valence-corrected chi connectivity index (χ1v) is 9.62. The summed E-state index contributed by atoms with van der Waals surface area (Å²) in [6.45, 7) is 7.20.